The van der Waals surface area contributed by atoms with Gasteiger partial charge in [0.15, 0.2) is 0 Å². The molecule has 2 aromatic carbocycles. The van der Waals surface area contributed by atoms with E-state index in [-0.39, 0.29) is 20.3 Å². The van der Waals surface area contributed by atoms with Crippen LogP contribution >= 0.6 is 0 Å². The molecule has 0 saturated carbocycles. The van der Waals surface area contributed by atoms with Crippen molar-refractivity contribution in [1.82, 2.24) is 4.98 Å². The van der Waals surface area contributed by atoms with E-state index in [0.717, 1.165) is 15.9 Å². The van der Waals surface area contributed by atoms with Crippen LogP contribution in [0.2, 0.25) is 0 Å². The van der Waals surface area contributed by atoms with Crippen LogP contribution < -0.4 is 5.43 Å². The van der Waals surface area contributed by atoms with Gasteiger partial charge in [-0.2, -0.15) is 0 Å². The zero-order valence-electron chi connectivity index (χ0n) is 11.1. The number of hydrogen-bond acceptors (Lipinski definition) is 4. The molecule has 1 heterocycles. The molecule has 104 valence electrons. The Morgan fingerprint density at radius 3 is 2.62 bits per heavy atom. The van der Waals surface area contributed by atoms with Crippen molar-refractivity contribution in [2.45, 2.75) is 0 Å². The average Bonchev–Trinajstić information content (AvgIpc) is 2.99. The fourth-order valence-corrected chi connectivity index (χ4v) is 3.22. The van der Waals surface area contributed by atoms with Gasteiger partial charge >= 0.3 is 128 Å². The molecule has 0 atom stereocenters. The molecule has 3 aromatic rings. The van der Waals surface area contributed by atoms with Gasteiger partial charge in [0.2, 0.25) is 0 Å². The fraction of sp³-hybridized carbons (Fsp3) is 0. The van der Waals surface area contributed by atoms with Crippen LogP contribution in [0.15, 0.2) is 64.6 Å². The van der Waals surface area contributed by atoms with E-state index in [1.165, 1.54) is 0 Å². The van der Waals surface area contributed by atoms with Gasteiger partial charge in [-0.3, -0.25) is 0 Å². The Kier molecular flexibility index (Phi) is 4.14. The van der Waals surface area contributed by atoms with Crippen LogP contribution in [0.25, 0.3) is 11.3 Å². The Bertz CT molecular complexity index is 753. The number of aromatic nitrogens is 1. The van der Waals surface area contributed by atoms with Crippen LogP contribution in [-0.2, 0) is 0 Å². The minimum absolute atomic E-state index is 0.154. The predicted octanol–water partition coefficient (Wildman–Crippen LogP) is 2.96. The third kappa shape index (κ3) is 3.40. The average molecular weight is 342 g/mol. The van der Waals surface area contributed by atoms with Crippen molar-refractivity contribution in [3.8, 4) is 17.0 Å². The van der Waals surface area contributed by atoms with E-state index < -0.39 is 0 Å². The van der Waals surface area contributed by atoms with Crippen LogP contribution in [0.3, 0.4) is 0 Å². The number of anilines is 1. The van der Waals surface area contributed by atoms with Crippen LogP contribution in [-0.4, -0.2) is 30.8 Å². The van der Waals surface area contributed by atoms with Gasteiger partial charge in [-0.05, 0) is 0 Å². The molecule has 5 heteroatoms. The summed E-state index contributed by atoms with van der Waals surface area (Å²) in [6.07, 6.45) is 1.59. The van der Waals surface area contributed by atoms with E-state index >= 15 is 0 Å². The van der Waals surface area contributed by atoms with Crippen molar-refractivity contribution in [1.29, 1.82) is 0 Å². The second kappa shape index (κ2) is 6.39. The van der Waals surface area contributed by atoms with Crippen molar-refractivity contribution in [2.24, 2.45) is 5.10 Å². The summed E-state index contributed by atoms with van der Waals surface area (Å²) in [7, 11) is 0. The van der Waals surface area contributed by atoms with E-state index in [1.54, 1.807) is 24.4 Å². The van der Waals surface area contributed by atoms with Crippen LogP contribution in [0.5, 0.6) is 5.75 Å². The fourth-order valence-electron chi connectivity index (χ4n) is 1.82. The Hall–Kier alpha value is -2.36. The molecule has 3 rings (SSSR count). The first-order valence-electron chi connectivity index (χ1n) is 6.41. The predicted molar refractivity (Wildman–Crippen MR) is 85.9 cm³/mol. The molecule has 0 aliphatic heterocycles. The number of para-hydroxylation sites is 1. The number of benzene rings is 2. The van der Waals surface area contributed by atoms with E-state index in [9.17, 15) is 5.11 Å². The maximum absolute atomic E-state index is 9.64. The maximum atomic E-state index is 9.64. The van der Waals surface area contributed by atoms with Crippen molar-refractivity contribution >= 4 is 25.4 Å². The topological polar surface area (TPSA) is 57.5 Å². The SMILES string of the molecule is Oc1ccccc1C=NNc1nc(-c2ccccc2)c[se]1. The second-order valence-corrected chi connectivity index (χ2v) is 6.13. The van der Waals surface area contributed by atoms with E-state index in [4.69, 9.17) is 0 Å². The third-order valence-corrected chi connectivity index (χ3v) is 4.44. The Morgan fingerprint density at radius 2 is 1.81 bits per heavy atom. The molecule has 4 nitrogen and oxygen atoms in total. The molecule has 2 N–H and O–H groups in total. The van der Waals surface area contributed by atoms with Gasteiger partial charge in [0, 0.05) is 0 Å². The van der Waals surface area contributed by atoms with Gasteiger partial charge in [-0.25, -0.2) is 0 Å². The van der Waals surface area contributed by atoms with Gasteiger partial charge in [0.05, 0.1) is 0 Å². The summed E-state index contributed by atoms with van der Waals surface area (Å²) >= 11 is 0.154. The molecule has 0 bridgehead atoms. The monoisotopic (exact) mass is 343 g/mol. The summed E-state index contributed by atoms with van der Waals surface area (Å²) in [5, 5.41) is 13.8. The van der Waals surface area contributed by atoms with Crippen LogP contribution in [0, 0.1) is 0 Å². The summed E-state index contributed by atoms with van der Waals surface area (Å²) in [4.78, 5) is 6.66. The summed E-state index contributed by atoms with van der Waals surface area (Å²) in [6, 6.07) is 17.1. The van der Waals surface area contributed by atoms with Gasteiger partial charge in [-0.1, -0.05) is 0 Å². The number of nitrogens with zero attached hydrogens (tertiary/aromatic N) is 2. The first-order chi connectivity index (χ1) is 10.3. The number of rotatable bonds is 4. The van der Waals surface area contributed by atoms with E-state index in [0.29, 0.717) is 5.56 Å². The zero-order chi connectivity index (χ0) is 14.5. The normalized spacial score (nSPS) is 10.9. The molecule has 0 radical (unpaired) electrons. The number of phenolic OH excluding ortho intramolecular Hbond substituents is 1. The molecular weight excluding hydrogens is 329 g/mol. The number of hydrazone groups is 1. The van der Waals surface area contributed by atoms with Gasteiger partial charge in [0.1, 0.15) is 0 Å². The summed E-state index contributed by atoms with van der Waals surface area (Å²) < 4.78 is 0.855. The van der Waals surface area contributed by atoms with Crippen molar-refractivity contribution in [2.75, 3.05) is 5.43 Å². The Labute approximate surface area is 128 Å². The Balaban J connectivity index is 1.70. The summed E-state index contributed by atoms with van der Waals surface area (Å²) in [6.45, 7) is 0. The zero-order valence-corrected chi connectivity index (χ0v) is 12.8. The van der Waals surface area contributed by atoms with Crippen molar-refractivity contribution in [3.63, 3.8) is 0 Å². The molecule has 0 fully saturated rings. The molecule has 0 unspecified atom stereocenters. The quantitative estimate of drug-likeness (QED) is 0.435. The Morgan fingerprint density at radius 1 is 1.05 bits per heavy atom. The third-order valence-electron chi connectivity index (χ3n) is 2.87. The first-order valence-corrected chi connectivity index (χ1v) is 8.25. The van der Waals surface area contributed by atoms with Gasteiger partial charge in [-0.15, -0.1) is 0 Å². The first kappa shape index (κ1) is 13.6. The van der Waals surface area contributed by atoms with Crippen molar-refractivity contribution < 1.29 is 5.11 Å². The van der Waals surface area contributed by atoms with Gasteiger partial charge < -0.3 is 0 Å². The second-order valence-electron chi connectivity index (χ2n) is 4.33. The number of aromatic hydroxyl groups is 1. The molecule has 21 heavy (non-hydrogen) atoms. The molecule has 0 amide bonds. The number of phenols is 1. The van der Waals surface area contributed by atoms with Crippen LogP contribution in [0.4, 0.5) is 4.69 Å². The van der Waals surface area contributed by atoms with E-state index in [1.807, 2.05) is 36.4 Å². The molecule has 0 saturated heterocycles. The van der Waals surface area contributed by atoms with Crippen LogP contribution in [0.1, 0.15) is 5.56 Å². The number of hydrogen-bond donors (Lipinski definition) is 2. The number of nitrogens with one attached hydrogen (secondary N) is 1. The standard InChI is InChI=1S/C16H13N3OSe/c20-15-9-5-4-8-13(15)10-17-19-16-18-14(11-21-16)12-6-2-1-3-7-12/h1-11,20H,(H,18,19). The van der Waals surface area contributed by atoms with E-state index in [2.05, 4.69) is 20.5 Å². The minimum atomic E-state index is 0.154. The molecule has 1 aromatic heterocycles. The molecular formula is C16H13N3OSe. The summed E-state index contributed by atoms with van der Waals surface area (Å²) in [5.74, 6) is 0.213. The van der Waals surface area contributed by atoms with Gasteiger partial charge in [0.25, 0.3) is 0 Å². The molecule has 0 spiro atoms. The molecule has 0 aliphatic rings. The molecule has 0 aliphatic carbocycles. The van der Waals surface area contributed by atoms with Crippen molar-refractivity contribution in [3.05, 3.63) is 65.1 Å². The summed E-state index contributed by atoms with van der Waals surface area (Å²) in [5.41, 5.74) is 5.71.